The Kier molecular flexibility index (Phi) is 11.8. The number of nitrogens with zero attached hydrogens (tertiary/aromatic N) is 1. The summed E-state index contributed by atoms with van der Waals surface area (Å²) >= 11 is 3.59. The first-order chi connectivity index (χ1) is 52.0. The molecule has 0 amide bonds. The second-order valence-corrected chi connectivity index (χ2v) is 29.7. The molecule has 21 aromatic rings. The molecule has 0 fully saturated rings. The zero-order chi connectivity index (χ0) is 68.4. The van der Waals surface area contributed by atoms with Crippen LogP contribution in [-0.4, -0.2) is 4.57 Å². The Bertz CT molecular complexity index is 7460. The van der Waals surface area contributed by atoms with E-state index in [1.54, 1.807) is 0 Å². The lowest BCUT2D eigenvalue weighted by Gasteiger charge is -2.14. The maximum absolute atomic E-state index is 6.77. The molecule has 3 aromatic heterocycles. The van der Waals surface area contributed by atoms with Gasteiger partial charge in [0.15, 0.2) is 0 Å². The molecule has 0 atom stereocenters. The van der Waals surface area contributed by atoms with E-state index in [1.165, 1.54) is 198 Å². The smallest absolute Gasteiger partial charge is 0.145 e. The van der Waals surface area contributed by atoms with E-state index in [2.05, 4.69) is 342 Å². The van der Waals surface area contributed by atoms with Gasteiger partial charge in [-0.05, 0) is 233 Å². The molecule has 26 rings (SSSR count). The predicted octanol–water partition coefficient (Wildman–Crippen LogP) is 28.8. The van der Waals surface area contributed by atoms with Crippen LogP contribution in [0.5, 0.6) is 0 Å². The average Bonchev–Trinajstić information content (AvgIpc) is 1.55. The Labute approximate surface area is 611 Å². The largest absolute Gasteiger partial charge is 0.455 e. The Balaban J connectivity index is 0.000000104. The van der Waals surface area contributed by atoms with Gasteiger partial charge in [0.25, 0.3) is 0 Å². The van der Waals surface area contributed by atoms with E-state index in [1.807, 2.05) is 6.07 Å². The van der Waals surface area contributed by atoms with Crippen molar-refractivity contribution in [3.05, 3.63) is 343 Å². The minimum atomic E-state index is 0.917. The van der Waals surface area contributed by atoms with E-state index in [0.717, 1.165) is 60.6 Å². The number of fused-ring (bicyclic) bond motifs is 28. The summed E-state index contributed by atoms with van der Waals surface area (Å²) in [6.45, 7) is 0. The van der Waals surface area contributed by atoms with Gasteiger partial charge in [-0.2, -0.15) is 0 Å². The third-order valence-corrected chi connectivity index (χ3v) is 24.1. The number of benzene rings is 18. The van der Waals surface area contributed by atoms with Crippen molar-refractivity contribution in [1.29, 1.82) is 0 Å². The highest BCUT2D eigenvalue weighted by Crippen LogP contribution is 2.57. The minimum Gasteiger partial charge on any atom is -0.455 e. The van der Waals surface area contributed by atoms with E-state index in [-0.39, 0.29) is 0 Å². The first-order valence-corrected chi connectivity index (χ1v) is 37.1. The molecular weight excluding hydrogens is 1340 g/mol. The van der Waals surface area contributed by atoms with E-state index in [9.17, 15) is 0 Å². The SMILES string of the molecule is Brc1cccc(-c2ccc3c4c(cccc24)-c2ccccc2-3)c1.c1cc(-c2ccc3c4c(cccc24)-c2ccccc2-3)cc(-n2c3ccc4c5ccccc5oc4c3c3cc4c5c(cccc5c32)-c2ccccc2-4)c1.c1ccc2c(c1)-c1cccc3c4c(cc-2c13)-c1c(ccc2c1oc1ccccc12)C4. The molecule has 0 saturated carbocycles. The number of aromatic nitrogens is 1. The number of halogens is 1. The van der Waals surface area contributed by atoms with Crippen LogP contribution in [0.25, 0.3) is 237 Å². The lowest BCUT2D eigenvalue weighted by Crippen LogP contribution is -1.95. The lowest BCUT2D eigenvalue weighted by atomic mass is 9.94. The van der Waals surface area contributed by atoms with Crippen molar-refractivity contribution in [2.75, 3.05) is 0 Å². The summed E-state index contributed by atoms with van der Waals surface area (Å²) in [4.78, 5) is 0. The molecule has 0 unspecified atom stereocenters. The highest BCUT2D eigenvalue weighted by molar-refractivity contribution is 9.10. The molecule has 0 N–H and O–H groups in total. The monoisotopic (exact) mass is 1390 g/mol. The van der Waals surface area contributed by atoms with Gasteiger partial charge in [0.1, 0.15) is 22.3 Å². The first-order valence-electron chi connectivity index (χ1n) is 36.3. The maximum atomic E-state index is 6.77. The fourth-order valence-corrected chi connectivity index (χ4v) is 19.7. The molecule has 0 spiro atoms. The van der Waals surface area contributed by atoms with Crippen LogP contribution >= 0.6 is 15.9 Å². The third kappa shape index (κ3) is 7.93. The molecule has 0 radical (unpaired) electrons. The summed E-state index contributed by atoms with van der Waals surface area (Å²) in [7, 11) is 0. The second kappa shape index (κ2) is 21.5. The molecule has 484 valence electrons. The molecule has 0 saturated heterocycles. The topological polar surface area (TPSA) is 31.2 Å². The summed E-state index contributed by atoms with van der Waals surface area (Å²) in [6.07, 6.45) is 0.966. The molecule has 3 heterocycles. The molecule has 4 heteroatoms. The number of hydrogen-bond donors (Lipinski definition) is 0. The van der Waals surface area contributed by atoms with Gasteiger partial charge in [-0.1, -0.05) is 283 Å². The molecule has 105 heavy (non-hydrogen) atoms. The average molecular weight is 1400 g/mol. The van der Waals surface area contributed by atoms with Gasteiger partial charge in [0.05, 0.1) is 16.4 Å². The lowest BCUT2D eigenvalue weighted by molar-refractivity contribution is 0.670. The molecule has 5 aliphatic carbocycles. The van der Waals surface area contributed by atoms with Crippen molar-refractivity contribution >= 4 is 125 Å². The fraction of sp³-hybridized carbons (Fsp3) is 0.00990. The number of furan rings is 2. The Hall–Kier alpha value is -13.1. The van der Waals surface area contributed by atoms with Gasteiger partial charge in [-0.25, -0.2) is 0 Å². The van der Waals surface area contributed by atoms with Gasteiger partial charge in [-0.15, -0.1) is 0 Å². The highest BCUT2D eigenvalue weighted by Gasteiger charge is 2.33. The molecule has 0 aliphatic heterocycles. The van der Waals surface area contributed by atoms with Crippen LogP contribution in [0, 0.1) is 0 Å². The van der Waals surface area contributed by atoms with Crippen LogP contribution in [0.1, 0.15) is 11.1 Å². The highest BCUT2D eigenvalue weighted by atomic mass is 79.9. The van der Waals surface area contributed by atoms with Crippen LogP contribution in [-0.2, 0) is 6.42 Å². The standard InChI is InChI=1S/C50H27NO.C29H16O.C22H13Br/c1-2-13-32-31(12-1)37-18-8-17-36-30(22-23-39(32)46(36)37)28-10-7-11-29(26-28)51-44-25-24-40-35-16-5-6-21-45(35)52-50(40)48(44)43-27-42-34-15-4-3-14-33(34)38-19-9-20-41(47(38)42)49(43)51;1-2-7-18-17(6-1)20-9-5-10-21-23-14-16-12-13-22-19-8-3-4-11-26(19)30-29(22)27(16)25(23)15-24(18)28(20)21;23-15-6-3-5-14(13-15)16-11-12-21-18-8-2-1-7-17(18)20-10-4-9-19(16)22(20)21/h1-27H;1-13,15H,14H2;1-13H. The van der Waals surface area contributed by atoms with Gasteiger partial charge in [0, 0.05) is 48.0 Å². The third-order valence-electron chi connectivity index (χ3n) is 23.6. The number of para-hydroxylation sites is 2. The normalized spacial score (nSPS) is 12.6. The van der Waals surface area contributed by atoms with E-state index in [0.29, 0.717) is 0 Å². The van der Waals surface area contributed by atoms with Gasteiger partial charge < -0.3 is 13.4 Å². The number of rotatable bonds is 3. The van der Waals surface area contributed by atoms with Crippen LogP contribution in [0.3, 0.4) is 0 Å². The van der Waals surface area contributed by atoms with Gasteiger partial charge in [0.2, 0.25) is 0 Å². The summed E-state index contributed by atoms with van der Waals surface area (Å²) in [5.41, 5.74) is 39.1. The van der Waals surface area contributed by atoms with Crippen LogP contribution in [0.4, 0.5) is 0 Å². The van der Waals surface area contributed by atoms with E-state index in [4.69, 9.17) is 8.83 Å². The predicted molar refractivity (Wildman–Crippen MR) is 443 cm³/mol. The minimum absolute atomic E-state index is 0.917. The van der Waals surface area contributed by atoms with Crippen LogP contribution in [0.15, 0.2) is 341 Å². The summed E-state index contributed by atoms with van der Waals surface area (Å²) in [5, 5.41) is 17.8. The van der Waals surface area contributed by atoms with Crippen molar-refractivity contribution in [3.63, 3.8) is 0 Å². The fourth-order valence-electron chi connectivity index (χ4n) is 19.3. The summed E-state index contributed by atoms with van der Waals surface area (Å²) in [6, 6.07) is 120. The Morgan fingerprint density at radius 2 is 0.657 bits per heavy atom. The Morgan fingerprint density at radius 3 is 1.23 bits per heavy atom. The van der Waals surface area contributed by atoms with Crippen molar-refractivity contribution in [3.8, 4) is 128 Å². The molecular formula is C101H56BrNO2. The zero-order valence-corrected chi connectivity index (χ0v) is 58.1. The zero-order valence-electron chi connectivity index (χ0n) is 56.5. The Morgan fingerprint density at radius 1 is 0.248 bits per heavy atom. The van der Waals surface area contributed by atoms with E-state index >= 15 is 0 Å². The maximum Gasteiger partial charge on any atom is 0.145 e. The van der Waals surface area contributed by atoms with Crippen LogP contribution < -0.4 is 0 Å². The van der Waals surface area contributed by atoms with Gasteiger partial charge in [-0.3, -0.25) is 0 Å². The van der Waals surface area contributed by atoms with E-state index < -0.39 is 0 Å². The summed E-state index contributed by atoms with van der Waals surface area (Å²) in [5.74, 6) is 0. The second-order valence-electron chi connectivity index (χ2n) is 28.8. The first kappa shape index (κ1) is 57.5. The molecule has 0 bridgehead atoms. The quantitative estimate of drug-likeness (QED) is 0.177. The summed E-state index contributed by atoms with van der Waals surface area (Å²) < 4.78 is 16.8. The number of hydrogen-bond acceptors (Lipinski definition) is 2. The van der Waals surface area contributed by atoms with Crippen molar-refractivity contribution in [1.82, 2.24) is 4.57 Å². The van der Waals surface area contributed by atoms with Crippen molar-refractivity contribution in [2.24, 2.45) is 0 Å². The van der Waals surface area contributed by atoms with Crippen LogP contribution in [0.2, 0.25) is 0 Å². The van der Waals surface area contributed by atoms with Crippen molar-refractivity contribution < 1.29 is 8.83 Å². The molecule has 5 aliphatic rings. The van der Waals surface area contributed by atoms with Gasteiger partial charge >= 0.3 is 0 Å². The van der Waals surface area contributed by atoms with Crippen molar-refractivity contribution in [2.45, 2.75) is 6.42 Å². The molecule has 18 aromatic carbocycles. The molecule has 3 nitrogen and oxygen atoms in total.